The molecule has 0 atom stereocenters. The Labute approximate surface area is 259 Å². The lowest BCUT2D eigenvalue weighted by Crippen LogP contribution is -1.94. The van der Waals surface area contributed by atoms with Crippen molar-refractivity contribution in [3.63, 3.8) is 0 Å². The van der Waals surface area contributed by atoms with Gasteiger partial charge in [0.15, 0.2) is 0 Å². The van der Waals surface area contributed by atoms with E-state index in [2.05, 4.69) is 120 Å². The molecule has 0 amide bonds. The molecule has 0 unspecified atom stereocenters. The zero-order chi connectivity index (χ0) is 29.9. The lowest BCUT2D eigenvalue weighted by Gasteiger charge is -2.18. The summed E-state index contributed by atoms with van der Waals surface area (Å²) in [6.45, 7) is 0. The number of para-hydroxylation sites is 1. The van der Waals surface area contributed by atoms with Crippen LogP contribution >= 0.6 is 0 Å². The largest absolute Gasteiger partial charge is 0.297 e. The van der Waals surface area contributed by atoms with Crippen LogP contribution in [0, 0.1) is 11.3 Å². The lowest BCUT2D eigenvalue weighted by molar-refractivity contribution is 1.22. The van der Waals surface area contributed by atoms with Crippen LogP contribution in [0.1, 0.15) is 5.56 Å². The van der Waals surface area contributed by atoms with Crippen LogP contribution in [0.5, 0.6) is 0 Å². The molecule has 0 saturated heterocycles. The molecule has 45 heavy (non-hydrogen) atoms. The van der Waals surface area contributed by atoms with Crippen LogP contribution in [-0.4, -0.2) is 14.4 Å². The molecular weight excluding hydrogens is 548 g/mol. The minimum absolute atomic E-state index is 0.650. The van der Waals surface area contributed by atoms with Gasteiger partial charge in [-0.1, -0.05) is 109 Å². The van der Waals surface area contributed by atoms with E-state index in [1.165, 1.54) is 5.56 Å². The number of nitriles is 1. The van der Waals surface area contributed by atoms with Crippen molar-refractivity contribution < 1.29 is 0 Å². The first-order valence-corrected chi connectivity index (χ1v) is 15.0. The molecule has 3 aromatic heterocycles. The first-order chi connectivity index (χ1) is 22.3. The fourth-order valence-electron chi connectivity index (χ4n) is 6.84. The number of pyridine rings is 2. The number of fused-ring (bicyclic) bond motifs is 7. The summed E-state index contributed by atoms with van der Waals surface area (Å²) in [6, 6.07) is 50.3. The van der Waals surface area contributed by atoms with Gasteiger partial charge in [0.2, 0.25) is 0 Å². The fraction of sp³-hybridized carbons (Fsp3) is 0. The number of imidazole rings is 1. The molecule has 6 aromatic carbocycles. The van der Waals surface area contributed by atoms with Crippen LogP contribution in [0.25, 0.3) is 82.6 Å². The molecule has 0 aliphatic rings. The molecule has 0 spiro atoms. The Bertz CT molecular complexity index is 2600. The predicted molar refractivity (Wildman–Crippen MR) is 184 cm³/mol. The third-order valence-corrected chi connectivity index (χ3v) is 8.78. The Hall–Kier alpha value is -6.31. The molecule has 0 saturated carbocycles. The summed E-state index contributed by atoms with van der Waals surface area (Å²) in [4.78, 5) is 10.3. The Morgan fingerprint density at radius 2 is 1.11 bits per heavy atom. The van der Waals surface area contributed by atoms with E-state index in [9.17, 15) is 5.26 Å². The molecule has 3 heterocycles. The van der Waals surface area contributed by atoms with Gasteiger partial charge in [-0.25, -0.2) is 9.97 Å². The third-order valence-electron chi connectivity index (χ3n) is 8.78. The van der Waals surface area contributed by atoms with Crippen LogP contribution in [0.3, 0.4) is 0 Å². The smallest absolute Gasteiger partial charge is 0.138 e. The van der Waals surface area contributed by atoms with Crippen molar-refractivity contribution >= 4 is 49.1 Å². The minimum atomic E-state index is 0.650. The van der Waals surface area contributed by atoms with Crippen LogP contribution in [-0.2, 0) is 0 Å². The second-order valence-electron chi connectivity index (χ2n) is 11.3. The van der Waals surface area contributed by atoms with E-state index in [-0.39, 0.29) is 0 Å². The average molecular weight is 573 g/mol. The van der Waals surface area contributed by atoms with Gasteiger partial charge in [0.05, 0.1) is 28.4 Å². The summed E-state index contributed by atoms with van der Waals surface area (Å²) in [7, 11) is 0. The van der Waals surface area contributed by atoms with Gasteiger partial charge in [-0.15, -0.1) is 0 Å². The first-order valence-electron chi connectivity index (χ1n) is 15.0. The molecule has 4 nitrogen and oxygen atoms in total. The van der Waals surface area contributed by atoms with Gasteiger partial charge in [-0.3, -0.25) is 4.40 Å². The molecule has 0 fully saturated rings. The van der Waals surface area contributed by atoms with Gasteiger partial charge in [0.1, 0.15) is 11.2 Å². The standard InChI is InChI=1S/C41H24N4/c42-24-26-11-10-14-28(23-26)37-30-15-4-6-17-32(30)38(33-18-7-5-16-31(33)37)29-21-22-36-44-40-34-19-8-9-20-35(34)43-39(41(40)45(36)25-29)27-12-2-1-3-13-27/h1-23,25H. The second kappa shape index (κ2) is 9.87. The molecule has 0 aliphatic heterocycles. The van der Waals surface area contributed by atoms with Gasteiger partial charge in [0, 0.05) is 17.1 Å². The molecule has 0 N–H and O–H groups in total. The van der Waals surface area contributed by atoms with Crippen LogP contribution in [0.4, 0.5) is 0 Å². The summed E-state index contributed by atoms with van der Waals surface area (Å²) < 4.78 is 2.21. The highest BCUT2D eigenvalue weighted by atomic mass is 15.0. The Balaban J connectivity index is 1.39. The molecule has 0 aliphatic carbocycles. The van der Waals surface area contributed by atoms with E-state index in [0.717, 1.165) is 77.1 Å². The van der Waals surface area contributed by atoms with Crippen molar-refractivity contribution in [1.29, 1.82) is 5.26 Å². The zero-order valence-electron chi connectivity index (χ0n) is 24.1. The molecule has 4 heteroatoms. The van der Waals surface area contributed by atoms with Crippen molar-refractivity contribution in [1.82, 2.24) is 14.4 Å². The molecule has 0 radical (unpaired) electrons. The maximum atomic E-state index is 9.66. The van der Waals surface area contributed by atoms with Crippen LogP contribution in [0.15, 0.2) is 146 Å². The summed E-state index contributed by atoms with van der Waals surface area (Å²) in [5.74, 6) is 0. The van der Waals surface area contributed by atoms with E-state index in [1.54, 1.807) is 0 Å². The summed E-state index contributed by atoms with van der Waals surface area (Å²) in [5, 5.41) is 15.3. The molecule has 9 aromatic rings. The lowest BCUT2D eigenvalue weighted by atomic mass is 9.86. The minimum Gasteiger partial charge on any atom is -0.297 e. The highest BCUT2D eigenvalue weighted by Crippen LogP contribution is 2.44. The maximum absolute atomic E-state index is 9.66. The van der Waals surface area contributed by atoms with Gasteiger partial charge in [-0.2, -0.15) is 5.26 Å². The Morgan fingerprint density at radius 3 is 1.80 bits per heavy atom. The van der Waals surface area contributed by atoms with Crippen molar-refractivity contribution in [3.05, 3.63) is 151 Å². The van der Waals surface area contributed by atoms with E-state index >= 15 is 0 Å². The van der Waals surface area contributed by atoms with Gasteiger partial charge >= 0.3 is 0 Å². The van der Waals surface area contributed by atoms with Crippen molar-refractivity contribution in [2.24, 2.45) is 0 Å². The van der Waals surface area contributed by atoms with Gasteiger partial charge in [-0.05, 0) is 74.1 Å². The van der Waals surface area contributed by atoms with E-state index in [0.29, 0.717) is 5.56 Å². The molecule has 208 valence electrons. The van der Waals surface area contributed by atoms with E-state index < -0.39 is 0 Å². The summed E-state index contributed by atoms with van der Waals surface area (Å²) in [5.41, 5.74) is 10.8. The maximum Gasteiger partial charge on any atom is 0.138 e. The van der Waals surface area contributed by atoms with Crippen molar-refractivity contribution in [2.45, 2.75) is 0 Å². The number of rotatable bonds is 3. The normalized spacial score (nSPS) is 11.5. The van der Waals surface area contributed by atoms with Crippen LogP contribution in [0.2, 0.25) is 0 Å². The first kappa shape index (κ1) is 25.2. The topological polar surface area (TPSA) is 54.0 Å². The van der Waals surface area contributed by atoms with Crippen LogP contribution < -0.4 is 0 Å². The predicted octanol–water partition coefficient (Wildman–Crippen LogP) is 10.2. The summed E-state index contributed by atoms with van der Waals surface area (Å²) >= 11 is 0. The van der Waals surface area contributed by atoms with E-state index in [4.69, 9.17) is 9.97 Å². The Morgan fingerprint density at radius 1 is 0.511 bits per heavy atom. The van der Waals surface area contributed by atoms with Crippen molar-refractivity contribution in [3.8, 4) is 39.6 Å². The second-order valence-corrected chi connectivity index (χ2v) is 11.3. The number of hydrogen-bond donors (Lipinski definition) is 0. The highest BCUT2D eigenvalue weighted by Gasteiger charge is 2.20. The Kier molecular flexibility index (Phi) is 5.53. The van der Waals surface area contributed by atoms with E-state index in [1.807, 2.05) is 36.4 Å². The fourth-order valence-corrected chi connectivity index (χ4v) is 6.84. The number of nitrogens with zero attached hydrogens (tertiary/aromatic N) is 4. The number of aromatic nitrogens is 3. The van der Waals surface area contributed by atoms with Crippen molar-refractivity contribution in [2.75, 3.05) is 0 Å². The zero-order valence-corrected chi connectivity index (χ0v) is 24.1. The van der Waals surface area contributed by atoms with Gasteiger partial charge < -0.3 is 0 Å². The monoisotopic (exact) mass is 572 g/mol. The highest BCUT2D eigenvalue weighted by molar-refractivity contribution is 6.21. The molecule has 0 bridgehead atoms. The third kappa shape index (κ3) is 3.85. The quantitative estimate of drug-likeness (QED) is 0.198. The number of hydrogen-bond acceptors (Lipinski definition) is 3. The average Bonchev–Trinajstić information content (AvgIpc) is 3.50. The number of benzene rings is 6. The van der Waals surface area contributed by atoms with Gasteiger partial charge in [0.25, 0.3) is 0 Å². The molecule has 9 rings (SSSR count). The molecular formula is C41H24N4. The SMILES string of the molecule is N#Cc1cccc(-c2c3ccccc3c(-c3ccc4nc5c6ccccc6nc(-c6ccccc6)c5n4c3)c3ccccc23)c1. The summed E-state index contributed by atoms with van der Waals surface area (Å²) in [6.07, 6.45) is 2.22.